The van der Waals surface area contributed by atoms with Crippen LogP contribution in [-0.4, -0.2) is 22.7 Å². The number of rotatable bonds is 4. The maximum atomic E-state index is 12.1. The predicted molar refractivity (Wildman–Crippen MR) is 92.3 cm³/mol. The smallest absolute Gasteiger partial charge is 0.305 e. The van der Waals surface area contributed by atoms with E-state index in [0.717, 1.165) is 0 Å². The van der Waals surface area contributed by atoms with Crippen LogP contribution in [0, 0.1) is 0 Å². The monoisotopic (exact) mass is 350 g/mol. The van der Waals surface area contributed by atoms with Crippen molar-refractivity contribution >= 4 is 23.5 Å². The molecule has 0 saturated carbocycles. The number of furan rings is 1. The van der Waals surface area contributed by atoms with Crippen LogP contribution in [0.15, 0.2) is 71.5 Å². The molecular weight excluding hydrogens is 336 g/mol. The van der Waals surface area contributed by atoms with Gasteiger partial charge in [0.15, 0.2) is 5.76 Å². The van der Waals surface area contributed by atoms with Gasteiger partial charge in [0.1, 0.15) is 5.82 Å². The number of pyridine rings is 1. The summed E-state index contributed by atoms with van der Waals surface area (Å²) in [5.74, 6) is -1.22. The van der Waals surface area contributed by atoms with Crippen LogP contribution in [0.4, 0.5) is 5.82 Å². The molecule has 8 heteroatoms. The fourth-order valence-corrected chi connectivity index (χ4v) is 2.07. The van der Waals surface area contributed by atoms with Gasteiger partial charge in [-0.1, -0.05) is 18.2 Å². The van der Waals surface area contributed by atoms with Crippen LogP contribution >= 0.6 is 0 Å². The number of hydrazine groups is 1. The second-order valence-corrected chi connectivity index (χ2v) is 5.14. The molecule has 0 spiro atoms. The first-order valence-corrected chi connectivity index (χ1v) is 7.60. The molecular formula is C18H14N4O4. The van der Waals surface area contributed by atoms with E-state index in [1.54, 1.807) is 36.4 Å². The number of benzene rings is 1. The third-order valence-corrected chi connectivity index (χ3v) is 3.33. The molecule has 0 saturated heterocycles. The van der Waals surface area contributed by atoms with Crippen molar-refractivity contribution in [3.63, 3.8) is 0 Å². The molecule has 3 aromatic rings. The van der Waals surface area contributed by atoms with E-state index in [0.29, 0.717) is 5.56 Å². The van der Waals surface area contributed by atoms with Gasteiger partial charge in [-0.25, -0.2) is 4.98 Å². The van der Waals surface area contributed by atoms with E-state index in [9.17, 15) is 14.4 Å². The summed E-state index contributed by atoms with van der Waals surface area (Å²) < 4.78 is 4.92. The van der Waals surface area contributed by atoms with Crippen molar-refractivity contribution in [3.05, 3.63) is 83.9 Å². The normalized spacial score (nSPS) is 10.0. The second kappa shape index (κ2) is 7.75. The summed E-state index contributed by atoms with van der Waals surface area (Å²) in [6.45, 7) is 0. The SMILES string of the molecule is O=C(NNC(=O)c1ccco1)c1ccnc(NC(=O)c2ccccc2)c1. The van der Waals surface area contributed by atoms with E-state index in [2.05, 4.69) is 21.2 Å². The van der Waals surface area contributed by atoms with Gasteiger partial charge in [0, 0.05) is 17.3 Å². The van der Waals surface area contributed by atoms with Crippen molar-refractivity contribution in [1.82, 2.24) is 15.8 Å². The maximum Gasteiger partial charge on any atom is 0.305 e. The van der Waals surface area contributed by atoms with Gasteiger partial charge in [-0.15, -0.1) is 0 Å². The van der Waals surface area contributed by atoms with Crippen molar-refractivity contribution in [2.45, 2.75) is 0 Å². The molecule has 3 rings (SSSR count). The van der Waals surface area contributed by atoms with Crippen LogP contribution in [0.5, 0.6) is 0 Å². The minimum atomic E-state index is -0.588. The van der Waals surface area contributed by atoms with Crippen LogP contribution in [0.25, 0.3) is 0 Å². The van der Waals surface area contributed by atoms with Crippen LogP contribution in [0.2, 0.25) is 0 Å². The fraction of sp³-hybridized carbons (Fsp3) is 0. The molecule has 3 amide bonds. The Kier molecular flexibility index (Phi) is 5.04. The largest absolute Gasteiger partial charge is 0.459 e. The molecule has 130 valence electrons. The Labute approximate surface area is 148 Å². The quantitative estimate of drug-likeness (QED) is 0.623. The highest BCUT2D eigenvalue weighted by molar-refractivity contribution is 6.04. The third kappa shape index (κ3) is 4.12. The lowest BCUT2D eigenvalue weighted by Gasteiger charge is -2.08. The lowest BCUT2D eigenvalue weighted by molar-refractivity contribution is 0.0831. The van der Waals surface area contributed by atoms with Crippen LogP contribution in [0.1, 0.15) is 31.3 Å². The van der Waals surface area contributed by atoms with Crippen molar-refractivity contribution < 1.29 is 18.8 Å². The first-order valence-electron chi connectivity index (χ1n) is 7.60. The summed E-state index contributed by atoms with van der Waals surface area (Å²) in [5.41, 5.74) is 5.17. The molecule has 0 radical (unpaired) electrons. The van der Waals surface area contributed by atoms with Crippen LogP contribution < -0.4 is 16.2 Å². The topological polar surface area (TPSA) is 113 Å². The number of carbonyl (C=O) groups excluding carboxylic acids is 3. The van der Waals surface area contributed by atoms with E-state index >= 15 is 0 Å². The summed E-state index contributed by atoms with van der Waals surface area (Å²) in [6, 6.07) is 14.5. The fourth-order valence-electron chi connectivity index (χ4n) is 2.07. The van der Waals surface area contributed by atoms with Crippen molar-refractivity contribution in [1.29, 1.82) is 0 Å². The third-order valence-electron chi connectivity index (χ3n) is 3.33. The van der Waals surface area contributed by atoms with Gasteiger partial charge in [0.2, 0.25) is 0 Å². The van der Waals surface area contributed by atoms with Gasteiger partial charge in [-0.3, -0.25) is 25.2 Å². The zero-order valence-corrected chi connectivity index (χ0v) is 13.4. The molecule has 0 unspecified atom stereocenters. The Hall–Kier alpha value is -3.94. The zero-order valence-electron chi connectivity index (χ0n) is 13.4. The van der Waals surface area contributed by atoms with Gasteiger partial charge >= 0.3 is 5.91 Å². The molecule has 0 fully saturated rings. The first kappa shape index (κ1) is 16.9. The first-order chi connectivity index (χ1) is 12.6. The molecule has 2 aromatic heterocycles. The lowest BCUT2D eigenvalue weighted by atomic mass is 10.2. The van der Waals surface area contributed by atoms with Crippen molar-refractivity contribution in [2.75, 3.05) is 5.32 Å². The Bertz CT molecular complexity index is 923. The highest BCUT2D eigenvalue weighted by Gasteiger charge is 2.12. The van der Waals surface area contributed by atoms with E-state index in [1.807, 2.05) is 0 Å². The molecule has 0 aliphatic rings. The molecule has 0 bridgehead atoms. The van der Waals surface area contributed by atoms with E-state index in [1.165, 1.54) is 30.7 Å². The number of carbonyl (C=O) groups is 3. The Morgan fingerprint density at radius 1 is 0.808 bits per heavy atom. The number of hydrogen-bond acceptors (Lipinski definition) is 5. The average molecular weight is 350 g/mol. The maximum absolute atomic E-state index is 12.1. The molecule has 0 aliphatic heterocycles. The summed E-state index contributed by atoms with van der Waals surface area (Å²) in [7, 11) is 0. The minimum absolute atomic E-state index is 0.0656. The molecule has 3 N–H and O–H groups in total. The number of nitrogens with one attached hydrogen (secondary N) is 3. The molecule has 1 aromatic carbocycles. The molecule has 0 aliphatic carbocycles. The van der Waals surface area contributed by atoms with Gasteiger partial charge in [-0.05, 0) is 36.4 Å². The molecule has 0 atom stereocenters. The van der Waals surface area contributed by atoms with Gasteiger partial charge in [-0.2, -0.15) is 0 Å². The van der Waals surface area contributed by atoms with E-state index in [4.69, 9.17) is 4.42 Å². The van der Waals surface area contributed by atoms with E-state index in [-0.39, 0.29) is 23.0 Å². The highest BCUT2D eigenvalue weighted by Crippen LogP contribution is 2.09. The molecule has 2 heterocycles. The highest BCUT2D eigenvalue weighted by atomic mass is 16.3. The summed E-state index contributed by atoms with van der Waals surface area (Å²) in [4.78, 5) is 40.0. The van der Waals surface area contributed by atoms with Gasteiger partial charge < -0.3 is 9.73 Å². The van der Waals surface area contributed by atoms with Gasteiger partial charge in [0.05, 0.1) is 6.26 Å². The summed E-state index contributed by atoms with van der Waals surface area (Å²) in [6.07, 6.45) is 2.73. The zero-order chi connectivity index (χ0) is 18.4. The number of nitrogens with zero attached hydrogens (tertiary/aromatic N) is 1. The molecule has 8 nitrogen and oxygen atoms in total. The predicted octanol–water partition coefficient (Wildman–Crippen LogP) is 2.00. The summed E-state index contributed by atoms with van der Waals surface area (Å²) >= 11 is 0. The second-order valence-electron chi connectivity index (χ2n) is 5.14. The Balaban J connectivity index is 1.62. The number of anilines is 1. The Morgan fingerprint density at radius 2 is 1.58 bits per heavy atom. The van der Waals surface area contributed by atoms with Crippen molar-refractivity contribution in [2.24, 2.45) is 0 Å². The van der Waals surface area contributed by atoms with Crippen LogP contribution in [-0.2, 0) is 0 Å². The van der Waals surface area contributed by atoms with Crippen molar-refractivity contribution in [3.8, 4) is 0 Å². The summed E-state index contributed by atoms with van der Waals surface area (Å²) in [5, 5.41) is 2.61. The number of hydrogen-bond donors (Lipinski definition) is 3. The minimum Gasteiger partial charge on any atom is -0.459 e. The number of amides is 3. The average Bonchev–Trinajstić information content (AvgIpc) is 3.21. The standard InChI is InChI=1S/C18H14N4O4/c23-16(12-5-2-1-3-6-12)20-15-11-13(8-9-19-15)17(24)21-22-18(25)14-7-4-10-26-14/h1-11H,(H,21,24)(H,22,25)(H,19,20,23). The van der Waals surface area contributed by atoms with Crippen LogP contribution in [0.3, 0.4) is 0 Å². The lowest BCUT2D eigenvalue weighted by Crippen LogP contribution is -2.41. The Morgan fingerprint density at radius 3 is 2.31 bits per heavy atom. The number of aromatic nitrogens is 1. The van der Waals surface area contributed by atoms with E-state index < -0.39 is 11.8 Å². The van der Waals surface area contributed by atoms with Gasteiger partial charge in [0.25, 0.3) is 11.8 Å². The molecule has 26 heavy (non-hydrogen) atoms.